The number of aromatic nitrogens is 1. The Balaban J connectivity index is 1.54. The normalized spacial score (nSPS) is 18.7. The molecule has 5 rings (SSSR count). The predicted octanol–water partition coefficient (Wildman–Crippen LogP) is 4.20. The maximum Gasteiger partial charge on any atom is 0.274 e. The van der Waals surface area contributed by atoms with Crippen molar-refractivity contribution >= 4 is 11.8 Å². The lowest BCUT2D eigenvalue weighted by Gasteiger charge is -2.40. The molecular formula is C28H27F2N3O4. The molecule has 2 aromatic carbocycles. The van der Waals surface area contributed by atoms with Gasteiger partial charge in [0.15, 0.2) is 11.4 Å². The highest BCUT2D eigenvalue weighted by molar-refractivity contribution is 5.99. The predicted molar refractivity (Wildman–Crippen MR) is 132 cm³/mol. The second kappa shape index (κ2) is 10.2. The van der Waals surface area contributed by atoms with Gasteiger partial charge in [-0.25, -0.2) is 8.78 Å². The summed E-state index contributed by atoms with van der Waals surface area (Å²) >= 11 is 0. The van der Waals surface area contributed by atoms with Crippen molar-refractivity contribution in [1.82, 2.24) is 14.8 Å². The third-order valence-corrected chi connectivity index (χ3v) is 7.14. The first-order valence-electron chi connectivity index (χ1n) is 12.3. The van der Waals surface area contributed by atoms with Crippen LogP contribution in [-0.4, -0.2) is 33.9 Å². The fraction of sp³-hybridized carbons (Fsp3) is 0.321. The van der Waals surface area contributed by atoms with Crippen molar-refractivity contribution in [3.05, 3.63) is 99.0 Å². The molecule has 1 fully saturated rings. The molecule has 2 aliphatic rings. The number of carbonyl (C=O) groups excluding carboxylic acids is 2. The van der Waals surface area contributed by atoms with E-state index in [0.717, 1.165) is 37.0 Å². The highest BCUT2D eigenvalue weighted by Gasteiger charge is 2.41. The largest absolute Gasteiger partial charge is 0.483 e. The van der Waals surface area contributed by atoms with Crippen LogP contribution < -0.4 is 15.5 Å². The Hall–Kier alpha value is -4.01. The second-order valence-corrected chi connectivity index (χ2v) is 9.45. The summed E-state index contributed by atoms with van der Waals surface area (Å²) in [4.78, 5) is 42.0. The van der Waals surface area contributed by atoms with Crippen LogP contribution in [-0.2, 0) is 13.2 Å². The number of hydrogen-bond donors (Lipinski definition) is 1. The SMILES string of the molecule is CC1[C@H]2CCCCN1C(=O)c1c(OCc3ccccc3)c(=O)c(C(=O)NCc3ccc(F)cc3F)cn12. The van der Waals surface area contributed by atoms with Crippen molar-refractivity contribution in [1.29, 1.82) is 0 Å². The fourth-order valence-electron chi connectivity index (χ4n) is 5.12. The molecule has 7 nitrogen and oxygen atoms in total. The summed E-state index contributed by atoms with van der Waals surface area (Å²) < 4.78 is 35.0. The van der Waals surface area contributed by atoms with Gasteiger partial charge in [0.25, 0.3) is 11.8 Å². The molecule has 2 atom stereocenters. The molecule has 1 aromatic heterocycles. The van der Waals surface area contributed by atoms with Crippen molar-refractivity contribution < 1.29 is 23.1 Å². The van der Waals surface area contributed by atoms with Crippen LogP contribution in [0, 0.1) is 11.6 Å². The third kappa shape index (κ3) is 4.73. The molecule has 9 heteroatoms. The van der Waals surface area contributed by atoms with Crippen molar-refractivity contribution in [3.8, 4) is 5.75 Å². The van der Waals surface area contributed by atoms with Crippen LogP contribution in [0.2, 0.25) is 0 Å². The second-order valence-electron chi connectivity index (χ2n) is 9.45. The Morgan fingerprint density at radius 1 is 1.11 bits per heavy atom. The van der Waals surface area contributed by atoms with Crippen molar-refractivity contribution in [2.45, 2.75) is 51.4 Å². The van der Waals surface area contributed by atoms with Crippen LogP contribution >= 0.6 is 0 Å². The monoisotopic (exact) mass is 507 g/mol. The van der Waals surface area contributed by atoms with Crippen LogP contribution in [0.4, 0.5) is 8.78 Å². The lowest BCUT2D eigenvalue weighted by molar-refractivity contribution is 0.0562. The molecule has 37 heavy (non-hydrogen) atoms. The molecule has 0 aliphatic carbocycles. The van der Waals surface area contributed by atoms with E-state index in [1.54, 1.807) is 9.47 Å². The molecule has 2 aliphatic heterocycles. The Kier molecular flexibility index (Phi) is 6.78. The van der Waals surface area contributed by atoms with E-state index < -0.39 is 23.0 Å². The van der Waals surface area contributed by atoms with Gasteiger partial charge in [0, 0.05) is 37.0 Å². The fourth-order valence-corrected chi connectivity index (χ4v) is 5.12. The molecule has 0 radical (unpaired) electrons. The number of carbonyl (C=O) groups is 2. The molecule has 1 unspecified atom stereocenters. The van der Waals surface area contributed by atoms with Gasteiger partial charge in [0.1, 0.15) is 23.8 Å². The molecule has 2 amide bonds. The Bertz CT molecular complexity index is 1410. The Labute approximate surface area is 212 Å². The Morgan fingerprint density at radius 2 is 1.89 bits per heavy atom. The van der Waals surface area contributed by atoms with E-state index in [1.165, 1.54) is 12.3 Å². The molecule has 192 valence electrons. The van der Waals surface area contributed by atoms with Gasteiger partial charge in [-0.1, -0.05) is 36.4 Å². The maximum atomic E-state index is 14.1. The van der Waals surface area contributed by atoms with Crippen LogP contribution in [0.1, 0.15) is 64.2 Å². The van der Waals surface area contributed by atoms with Crippen LogP contribution in [0.25, 0.3) is 0 Å². The number of nitrogens with zero attached hydrogens (tertiary/aromatic N) is 2. The summed E-state index contributed by atoms with van der Waals surface area (Å²) in [7, 11) is 0. The highest BCUT2D eigenvalue weighted by Crippen LogP contribution is 2.36. The molecule has 0 spiro atoms. The highest BCUT2D eigenvalue weighted by atomic mass is 19.1. The van der Waals surface area contributed by atoms with Gasteiger partial charge in [-0.2, -0.15) is 0 Å². The zero-order chi connectivity index (χ0) is 26.1. The van der Waals surface area contributed by atoms with Gasteiger partial charge in [0.05, 0.1) is 6.04 Å². The average molecular weight is 508 g/mol. The van der Waals surface area contributed by atoms with Gasteiger partial charge in [-0.3, -0.25) is 14.4 Å². The van der Waals surface area contributed by atoms with Crippen LogP contribution in [0.5, 0.6) is 5.75 Å². The molecule has 3 heterocycles. The molecule has 1 saturated heterocycles. The molecule has 3 aromatic rings. The van der Waals surface area contributed by atoms with Crippen LogP contribution in [0.3, 0.4) is 0 Å². The minimum absolute atomic E-state index is 0.0441. The lowest BCUT2D eigenvalue weighted by Crippen LogP contribution is -2.50. The standard InChI is InChI=1S/C28H27F2N3O4/c1-17-23-9-5-6-12-32(17)28(36)24-26(37-16-18-7-3-2-4-8-18)25(34)21(15-33(23)24)27(35)31-14-19-10-11-20(29)13-22(19)30/h2-4,7-8,10-11,13,15,17,23H,5-6,9,12,14,16H2,1H3,(H,31,35)/t17?,23-/m1/s1. The maximum absolute atomic E-state index is 14.1. The first-order valence-corrected chi connectivity index (χ1v) is 12.3. The van der Waals surface area contributed by atoms with Gasteiger partial charge in [0.2, 0.25) is 5.43 Å². The van der Waals surface area contributed by atoms with Gasteiger partial charge >= 0.3 is 0 Å². The lowest BCUT2D eigenvalue weighted by atomic mass is 9.99. The number of rotatable bonds is 6. The van der Waals surface area contributed by atoms with E-state index in [1.807, 2.05) is 37.3 Å². The molecular weight excluding hydrogens is 480 g/mol. The topological polar surface area (TPSA) is 80.6 Å². The minimum Gasteiger partial charge on any atom is -0.483 e. The molecule has 0 saturated carbocycles. The average Bonchev–Trinajstić information content (AvgIpc) is 3.04. The molecule has 2 bridgehead atoms. The number of halogens is 2. The number of hydrogen-bond acceptors (Lipinski definition) is 4. The number of fused-ring (bicyclic) bond motifs is 4. The van der Waals surface area contributed by atoms with E-state index in [-0.39, 0.29) is 53.7 Å². The number of amides is 2. The van der Waals surface area contributed by atoms with Crippen molar-refractivity contribution in [3.63, 3.8) is 0 Å². The Morgan fingerprint density at radius 3 is 2.65 bits per heavy atom. The summed E-state index contributed by atoms with van der Waals surface area (Å²) in [6, 6.07) is 12.0. The first-order chi connectivity index (χ1) is 17.8. The third-order valence-electron chi connectivity index (χ3n) is 7.14. The quantitative estimate of drug-likeness (QED) is 0.542. The van der Waals surface area contributed by atoms with E-state index in [0.29, 0.717) is 6.54 Å². The van der Waals surface area contributed by atoms with Gasteiger partial charge in [-0.15, -0.1) is 0 Å². The summed E-state index contributed by atoms with van der Waals surface area (Å²) in [5, 5.41) is 2.55. The number of nitrogens with one attached hydrogen (secondary N) is 1. The van der Waals surface area contributed by atoms with Gasteiger partial charge < -0.3 is 19.5 Å². The smallest absolute Gasteiger partial charge is 0.274 e. The zero-order valence-corrected chi connectivity index (χ0v) is 20.4. The number of ether oxygens (including phenoxy) is 1. The zero-order valence-electron chi connectivity index (χ0n) is 20.4. The van der Waals surface area contributed by atoms with E-state index >= 15 is 0 Å². The van der Waals surface area contributed by atoms with Crippen molar-refractivity contribution in [2.75, 3.05) is 6.54 Å². The summed E-state index contributed by atoms with van der Waals surface area (Å²) in [5.41, 5.74) is 0.118. The molecule has 1 N–H and O–H groups in total. The summed E-state index contributed by atoms with van der Waals surface area (Å²) in [5.74, 6) is -2.72. The van der Waals surface area contributed by atoms with E-state index in [4.69, 9.17) is 4.74 Å². The summed E-state index contributed by atoms with van der Waals surface area (Å²) in [6.45, 7) is 2.37. The van der Waals surface area contributed by atoms with E-state index in [2.05, 4.69) is 5.32 Å². The van der Waals surface area contributed by atoms with Crippen molar-refractivity contribution in [2.24, 2.45) is 0 Å². The van der Waals surface area contributed by atoms with E-state index in [9.17, 15) is 23.2 Å². The number of benzene rings is 2. The minimum atomic E-state index is -0.799. The number of pyridine rings is 1. The summed E-state index contributed by atoms with van der Waals surface area (Å²) in [6.07, 6.45) is 3.95. The van der Waals surface area contributed by atoms with Gasteiger partial charge in [-0.05, 0) is 37.8 Å². The first kappa shape index (κ1) is 24.7. The van der Waals surface area contributed by atoms with Crippen LogP contribution in [0.15, 0.2) is 59.5 Å².